The van der Waals surface area contributed by atoms with Gasteiger partial charge in [0, 0.05) is 13.3 Å². The first-order valence-corrected chi connectivity index (χ1v) is 5.50. The van der Waals surface area contributed by atoms with E-state index in [0.29, 0.717) is 0 Å². The maximum absolute atomic E-state index is 11.4. The SMILES string of the molecule is COC(=O)CCC(=O)CNC(=O)[C@H](C)NC(C)=O. The van der Waals surface area contributed by atoms with Crippen LogP contribution in [0, 0.1) is 0 Å². The molecule has 2 amide bonds. The molecule has 0 saturated heterocycles. The molecular weight excluding hydrogens is 240 g/mol. The normalized spacial score (nSPS) is 11.3. The number of nitrogens with one attached hydrogen (secondary N) is 2. The fourth-order valence-corrected chi connectivity index (χ4v) is 1.14. The van der Waals surface area contributed by atoms with Gasteiger partial charge in [0.05, 0.1) is 20.1 Å². The molecule has 0 aliphatic heterocycles. The smallest absolute Gasteiger partial charge is 0.305 e. The van der Waals surface area contributed by atoms with E-state index in [0.717, 1.165) is 0 Å². The molecule has 0 radical (unpaired) electrons. The Morgan fingerprint density at radius 2 is 1.78 bits per heavy atom. The van der Waals surface area contributed by atoms with Gasteiger partial charge in [0.1, 0.15) is 6.04 Å². The van der Waals surface area contributed by atoms with Crippen molar-refractivity contribution in [3.8, 4) is 0 Å². The van der Waals surface area contributed by atoms with E-state index in [1.165, 1.54) is 21.0 Å². The van der Waals surface area contributed by atoms with E-state index in [1.807, 2.05) is 0 Å². The van der Waals surface area contributed by atoms with Gasteiger partial charge in [-0.25, -0.2) is 0 Å². The third kappa shape index (κ3) is 7.37. The number of hydrogen-bond donors (Lipinski definition) is 2. The summed E-state index contributed by atoms with van der Waals surface area (Å²) in [7, 11) is 1.24. The fraction of sp³-hybridized carbons (Fsp3) is 0.636. The van der Waals surface area contributed by atoms with Gasteiger partial charge >= 0.3 is 5.97 Å². The molecule has 0 rings (SSSR count). The predicted octanol–water partition coefficient (Wildman–Crippen LogP) is -0.850. The molecule has 18 heavy (non-hydrogen) atoms. The fourth-order valence-electron chi connectivity index (χ4n) is 1.14. The van der Waals surface area contributed by atoms with Gasteiger partial charge in [0.2, 0.25) is 11.8 Å². The largest absolute Gasteiger partial charge is 0.469 e. The van der Waals surface area contributed by atoms with Gasteiger partial charge in [0.25, 0.3) is 0 Å². The highest BCUT2D eigenvalue weighted by Gasteiger charge is 2.14. The second kappa shape index (κ2) is 8.21. The lowest BCUT2D eigenvalue weighted by Crippen LogP contribution is -2.45. The van der Waals surface area contributed by atoms with Gasteiger partial charge in [-0.1, -0.05) is 0 Å². The molecule has 0 aliphatic rings. The van der Waals surface area contributed by atoms with E-state index in [-0.39, 0.29) is 31.1 Å². The van der Waals surface area contributed by atoms with Crippen molar-refractivity contribution >= 4 is 23.6 Å². The molecule has 0 unspecified atom stereocenters. The summed E-state index contributed by atoms with van der Waals surface area (Å²) in [6.45, 7) is 2.64. The lowest BCUT2D eigenvalue weighted by atomic mass is 10.2. The minimum atomic E-state index is -0.698. The van der Waals surface area contributed by atoms with Crippen molar-refractivity contribution in [3.63, 3.8) is 0 Å². The van der Waals surface area contributed by atoms with Crippen molar-refractivity contribution in [3.05, 3.63) is 0 Å². The first kappa shape index (κ1) is 16.1. The summed E-state index contributed by atoms with van der Waals surface area (Å²) in [4.78, 5) is 44.2. The third-order valence-corrected chi connectivity index (χ3v) is 2.11. The van der Waals surface area contributed by atoms with Crippen molar-refractivity contribution in [2.45, 2.75) is 32.7 Å². The number of hydrogen-bond acceptors (Lipinski definition) is 5. The molecule has 0 bridgehead atoms. The molecule has 102 valence electrons. The molecule has 7 nitrogen and oxygen atoms in total. The van der Waals surface area contributed by atoms with Crippen molar-refractivity contribution in [2.75, 3.05) is 13.7 Å². The number of ketones is 1. The van der Waals surface area contributed by atoms with Gasteiger partial charge < -0.3 is 15.4 Å². The number of carbonyl (C=O) groups is 4. The molecular formula is C11H18N2O5. The summed E-state index contributed by atoms with van der Waals surface area (Å²) in [6.07, 6.45) is 0.00786. The molecule has 0 spiro atoms. The number of amides is 2. The molecule has 0 heterocycles. The maximum atomic E-state index is 11.4. The summed E-state index contributed by atoms with van der Waals surface area (Å²) in [6, 6.07) is -0.698. The topological polar surface area (TPSA) is 102 Å². The number of Topliss-reactive ketones (excluding diaryl/α,β-unsaturated/α-hetero) is 1. The Morgan fingerprint density at radius 1 is 1.17 bits per heavy atom. The van der Waals surface area contributed by atoms with E-state index in [9.17, 15) is 19.2 Å². The number of carbonyl (C=O) groups excluding carboxylic acids is 4. The highest BCUT2D eigenvalue weighted by molar-refractivity contribution is 5.91. The molecule has 0 fully saturated rings. The zero-order valence-corrected chi connectivity index (χ0v) is 10.7. The molecule has 1 atom stereocenters. The molecule has 0 aromatic heterocycles. The maximum Gasteiger partial charge on any atom is 0.305 e. The molecule has 0 saturated carbocycles. The Morgan fingerprint density at radius 3 is 2.28 bits per heavy atom. The van der Waals surface area contributed by atoms with E-state index in [2.05, 4.69) is 15.4 Å². The second-order valence-corrected chi connectivity index (χ2v) is 3.75. The second-order valence-electron chi connectivity index (χ2n) is 3.75. The van der Waals surface area contributed by atoms with Crippen LogP contribution in [0.1, 0.15) is 26.7 Å². The number of methoxy groups -OCH3 is 1. The van der Waals surface area contributed by atoms with Crippen molar-refractivity contribution < 1.29 is 23.9 Å². The van der Waals surface area contributed by atoms with Gasteiger partial charge in [-0.2, -0.15) is 0 Å². The quantitative estimate of drug-likeness (QED) is 0.579. The summed E-state index contributed by atoms with van der Waals surface area (Å²) < 4.78 is 4.38. The van der Waals surface area contributed by atoms with E-state index in [1.54, 1.807) is 0 Å². The highest BCUT2D eigenvalue weighted by Crippen LogP contribution is 1.93. The standard InChI is InChI=1S/C11H18N2O5/c1-7(13-8(2)14)11(17)12-6-9(15)4-5-10(16)18-3/h7H,4-6H2,1-3H3,(H,12,17)(H,13,14)/t7-/m0/s1. The van der Waals surface area contributed by atoms with E-state index < -0.39 is 17.9 Å². The minimum Gasteiger partial charge on any atom is -0.469 e. The number of ether oxygens (including phenoxy) is 1. The monoisotopic (exact) mass is 258 g/mol. The first-order chi connectivity index (χ1) is 8.36. The Hall–Kier alpha value is -1.92. The molecule has 0 aliphatic carbocycles. The molecule has 0 aromatic rings. The van der Waals surface area contributed by atoms with Crippen molar-refractivity contribution in [1.82, 2.24) is 10.6 Å². The van der Waals surface area contributed by atoms with Crippen LogP contribution >= 0.6 is 0 Å². The predicted molar refractivity (Wildman–Crippen MR) is 62.5 cm³/mol. The zero-order chi connectivity index (χ0) is 14.1. The minimum absolute atomic E-state index is 0.00749. The van der Waals surface area contributed by atoms with Crippen molar-refractivity contribution in [2.24, 2.45) is 0 Å². The van der Waals surface area contributed by atoms with Gasteiger partial charge in [0.15, 0.2) is 5.78 Å². The summed E-state index contributed by atoms with van der Waals surface area (Å²) in [5, 5.41) is 4.76. The lowest BCUT2D eigenvalue weighted by molar-refractivity contribution is -0.141. The van der Waals surface area contributed by atoms with Crippen LogP contribution in [0.2, 0.25) is 0 Å². The number of esters is 1. The lowest BCUT2D eigenvalue weighted by Gasteiger charge is -2.12. The molecule has 7 heteroatoms. The van der Waals surface area contributed by atoms with E-state index >= 15 is 0 Å². The average molecular weight is 258 g/mol. The van der Waals surface area contributed by atoms with Crippen molar-refractivity contribution in [1.29, 1.82) is 0 Å². The van der Waals surface area contributed by atoms with Crippen LogP contribution in [-0.4, -0.2) is 43.3 Å². The third-order valence-electron chi connectivity index (χ3n) is 2.11. The van der Waals surface area contributed by atoms with Gasteiger partial charge in [-0.15, -0.1) is 0 Å². The summed E-state index contributed by atoms with van der Waals surface area (Å²) >= 11 is 0. The van der Waals surface area contributed by atoms with Crippen LogP contribution < -0.4 is 10.6 Å². The Balaban J connectivity index is 3.87. The summed E-state index contributed by atoms with van der Waals surface area (Å²) in [5.41, 5.74) is 0. The van der Waals surface area contributed by atoms with Crippen LogP contribution in [0.15, 0.2) is 0 Å². The van der Waals surface area contributed by atoms with Crippen LogP contribution in [0.5, 0.6) is 0 Å². The average Bonchev–Trinajstić information content (AvgIpc) is 2.31. The van der Waals surface area contributed by atoms with Crippen LogP contribution in [0.4, 0.5) is 0 Å². The van der Waals surface area contributed by atoms with Gasteiger partial charge in [-0.3, -0.25) is 19.2 Å². The molecule has 2 N–H and O–H groups in total. The van der Waals surface area contributed by atoms with Crippen LogP contribution in [-0.2, 0) is 23.9 Å². The van der Waals surface area contributed by atoms with Crippen LogP contribution in [0.3, 0.4) is 0 Å². The first-order valence-electron chi connectivity index (χ1n) is 5.50. The highest BCUT2D eigenvalue weighted by atomic mass is 16.5. The van der Waals surface area contributed by atoms with Crippen LogP contribution in [0.25, 0.3) is 0 Å². The summed E-state index contributed by atoms with van der Waals surface area (Å²) in [5.74, 6) is -1.52. The zero-order valence-electron chi connectivity index (χ0n) is 10.7. The molecule has 0 aromatic carbocycles. The van der Waals surface area contributed by atoms with Gasteiger partial charge in [-0.05, 0) is 6.92 Å². The Labute approximate surface area is 105 Å². The van der Waals surface area contributed by atoms with E-state index in [4.69, 9.17) is 0 Å². The Bertz CT molecular complexity index is 340. The Kier molecular flexibility index (Phi) is 7.34. The number of rotatable bonds is 7.